The fourth-order valence-electron chi connectivity index (χ4n) is 3.06. The Morgan fingerprint density at radius 1 is 0.900 bits per heavy atom. The number of hydrogen-bond acceptors (Lipinski definition) is 2. The normalized spacial score (nSPS) is 17.9. The minimum Gasteiger partial charge on any atom is -0.314 e. The zero-order valence-corrected chi connectivity index (χ0v) is 12.0. The SMILES string of the molecule is Cc1ccccc1C(c1ccccc1)N1CCNCC1. The van der Waals surface area contributed by atoms with E-state index < -0.39 is 0 Å². The number of benzene rings is 2. The van der Waals surface area contributed by atoms with Crippen molar-refractivity contribution in [1.82, 2.24) is 10.2 Å². The van der Waals surface area contributed by atoms with Crippen molar-refractivity contribution in [2.45, 2.75) is 13.0 Å². The second-order valence-electron chi connectivity index (χ2n) is 5.46. The molecule has 0 bridgehead atoms. The molecule has 20 heavy (non-hydrogen) atoms. The Morgan fingerprint density at radius 2 is 1.55 bits per heavy atom. The average molecular weight is 266 g/mol. The highest BCUT2D eigenvalue weighted by Crippen LogP contribution is 2.30. The molecule has 1 fully saturated rings. The van der Waals surface area contributed by atoms with E-state index in [-0.39, 0.29) is 0 Å². The quantitative estimate of drug-likeness (QED) is 0.919. The van der Waals surface area contributed by atoms with Crippen LogP contribution in [0, 0.1) is 6.92 Å². The van der Waals surface area contributed by atoms with Crippen LogP contribution in [0.4, 0.5) is 0 Å². The topological polar surface area (TPSA) is 15.3 Å². The zero-order valence-electron chi connectivity index (χ0n) is 12.0. The van der Waals surface area contributed by atoms with Gasteiger partial charge in [0.25, 0.3) is 0 Å². The predicted octanol–water partition coefficient (Wildman–Crippen LogP) is 2.99. The molecule has 1 heterocycles. The molecule has 0 amide bonds. The summed E-state index contributed by atoms with van der Waals surface area (Å²) in [5.74, 6) is 0. The van der Waals surface area contributed by atoms with Crippen LogP contribution in [0.25, 0.3) is 0 Å². The Hall–Kier alpha value is -1.64. The van der Waals surface area contributed by atoms with Gasteiger partial charge >= 0.3 is 0 Å². The lowest BCUT2D eigenvalue weighted by Crippen LogP contribution is -2.45. The van der Waals surface area contributed by atoms with Gasteiger partial charge in [0, 0.05) is 26.2 Å². The third kappa shape index (κ3) is 2.77. The van der Waals surface area contributed by atoms with E-state index in [1.807, 2.05) is 0 Å². The predicted molar refractivity (Wildman–Crippen MR) is 83.9 cm³/mol. The number of nitrogens with one attached hydrogen (secondary N) is 1. The van der Waals surface area contributed by atoms with Gasteiger partial charge in [0.05, 0.1) is 6.04 Å². The minimum absolute atomic E-state index is 0.375. The molecule has 3 rings (SSSR count). The summed E-state index contributed by atoms with van der Waals surface area (Å²) >= 11 is 0. The van der Waals surface area contributed by atoms with Crippen LogP contribution in [0.2, 0.25) is 0 Å². The first-order valence-electron chi connectivity index (χ1n) is 7.41. The Morgan fingerprint density at radius 3 is 2.25 bits per heavy atom. The molecule has 1 aliphatic rings. The molecule has 0 aliphatic carbocycles. The van der Waals surface area contributed by atoms with E-state index in [0.29, 0.717) is 6.04 Å². The van der Waals surface area contributed by atoms with Gasteiger partial charge < -0.3 is 5.32 Å². The fourth-order valence-corrected chi connectivity index (χ4v) is 3.06. The summed E-state index contributed by atoms with van der Waals surface area (Å²) in [6, 6.07) is 20.0. The van der Waals surface area contributed by atoms with Gasteiger partial charge in [-0.05, 0) is 23.6 Å². The largest absolute Gasteiger partial charge is 0.314 e. The summed E-state index contributed by atoms with van der Waals surface area (Å²) in [6.07, 6.45) is 0. The molecule has 2 aromatic rings. The van der Waals surface area contributed by atoms with Crippen LogP contribution in [0.15, 0.2) is 54.6 Å². The monoisotopic (exact) mass is 266 g/mol. The standard InChI is InChI=1S/C18H22N2/c1-15-7-5-6-10-17(15)18(16-8-3-2-4-9-16)20-13-11-19-12-14-20/h2-10,18-19H,11-14H2,1H3. The summed E-state index contributed by atoms with van der Waals surface area (Å²) in [7, 11) is 0. The van der Waals surface area contributed by atoms with E-state index in [1.54, 1.807) is 0 Å². The van der Waals surface area contributed by atoms with E-state index >= 15 is 0 Å². The third-order valence-electron chi connectivity index (χ3n) is 4.12. The van der Waals surface area contributed by atoms with E-state index in [0.717, 1.165) is 26.2 Å². The van der Waals surface area contributed by atoms with Gasteiger partial charge in [0.15, 0.2) is 0 Å². The van der Waals surface area contributed by atoms with Crippen LogP contribution < -0.4 is 5.32 Å². The molecule has 0 spiro atoms. The smallest absolute Gasteiger partial charge is 0.0605 e. The van der Waals surface area contributed by atoms with Crippen molar-refractivity contribution in [1.29, 1.82) is 0 Å². The minimum atomic E-state index is 0.375. The molecule has 0 saturated carbocycles. The van der Waals surface area contributed by atoms with Crippen molar-refractivity contribution >= 4 is 0 Å². The summed E-state index contributed by atoms with van der Waals surface area (Å²) < 4.78 is 0. The molecule has 2 heteroatoms. The van der Waals surface area contributed by atoms with Crippen LogP contribution in [-0.2, 0) is 0 Å². The summed E-state index contributed by atoms with van der Waals surface area (Å²) in [5, 5.41) is 3.45. The van der Waals surface area contributed by atoms with Crippen LogP contribution in [0.1, 0.15) is 22.7 Å². The number of piperazine rings is 1. The molecule has 2 aromatic carbocycles. The number of aryl methyl sites for hydroxylation is 1. The lowest BCUT2D eigenvalue weighted by Gasteiger charge is -2.36. The Kier molecular flexibility index (Phi) is 4.14. The van der Waals surface area contributed by atoms with E-state index in [4.69, 9.17) is 0 Å². The van der Waals surface area contributed by atoms with Crippen molar-refractivity contribution in [3.63, 3.8) is 0 Å². The highest BCUT2D eigenvalue weighted by Gasteiger charge is 2.24. The van der Waals surface area contributed by atoms with Crippen molar-refractivity contribution in [2.75, 3.05) is 26.2 Å². The molecule has 1 aliphatic heterocycles. The van der Waals surface area contributed by atoms with Crippen molar-refractivity contribution in [3.05, 3.63) is 71.3 Å². The van der Waals surface area contributed by atoms with Crippen LogP contribution in [0.3, 0.4) is 0 Å². The molecule has 1 saturated heterocycles. The molecule has 2 nitrogen and oxygen atoms in total. The van der Waals surface area contributed by atoms with Crippen LogP contribution in [0.5, 0.6) is 0 Å². The van der Waals surface area contributed by atoms with Crippen molar-refractivity contribution in [3.8, 4) is 0 Å². The number of nitrogens with zero attached hydrogens (tertiary/aromatic N) is 1. The van der Waals surface area contributed by atoms with Gasteiger partial charge in [-0.3, -0.25) is 4.90 Å². The van der Waals surface area contributed by atoms with Gasteiger partial charge in [-0.15, -0.1) is 0 Å². The molecule has 104 valence electrons. The van der Waals surface area contributed by atoms with Crippen molar-refractivity contribution in [2.24, 2.45) is 0 Å². The van der Waals surface area contributed by atoms with Gasteiger partial charge in [-0.25, -0.2) is 0 Å². The highest BCUT2D eigenvalue weighted by molar-refractivity contribution is 5.37. The highest BCUT2D eigenvalue weighted by atomic mass is 15.2. The molecule has 0 radical (unpaired) electrons. The molecule has 1 atom stereocenters. The Bertz CT molecular complexity index is 544. The second-order valence-corrected chi connectivity index (χ2v) is 5.46. The summed E-state index contributed by atoms with van der Waals surface area (Å²) in [6.45, 7) is 6.58. The van der Waals surface area contributed by atoms with Gasteiger partial charge in [0.2, 0.25) is 0 Å². The van der Waals surface area contributed by atoms with Crippen LogP contribution >= 0.6 is 0 Å². The average Bonchev–Trinajstić information content (AvgIpc) is 2.52. The lowest BCUT2D eigenvalue weighted by atomic mass is 9.93. The van der Waals surface area contributed by atoms with E-state index in [1.165, 1.54) is 16.7 Å². The molecule has 1 N–H and O–H groups in total. The molecule has 0 aromatic heterocycles. The fraction of sp³-hybridized carbons (Fsp3) is 0.333. The first kappa shape index (κ1) is 13.3. The van der Waals surface area contributed by atoms with Crippen LogP contribution in [-0.4, -0.2) is 31.1 Å². The number of rotatable bonds is 3. The maximum Gasteiger partial charge on any atom is 0.0605 e. The zero-order chi connectivity index (χ0) is 13.8. The molecular formula is C18H22N2. The first-order chi connectivity index (χ1) is 9.86. The maximum absolute atomic E-state index is 3.45. The number of hydrogen-bond donors (Lipinski definition) is 1. The Labute approximate surface area is 121 Å². The molecule has 1 unspecified atom stereocenters. The van der Waals surface area contributed by atoms with E-state index in [2.05, 4.69) is 71.7 Å². The lowest BCUT2D eigenvalue weighted by molar-refractivity contribution is 0.198. The maximum atomic E-state index is 3.45. The van der Waals surface area contributed by atoms with E-state index in [9.17, 15) is 0 Å². The van der Waals surface area contributed by atoms with Crippen molar-refractivity contribution < 1.29 is 0 Å². The second kappa shape index (κ2) is 6.21. The molecular weight excluding hydrogens is 244 g/mol. The van der Waals surface area contributed by atoms with Gasteiger partial charge in [-0.1, -0.05) is 54.6 Å². The summed E-state index contributed by atoms with van der Waals surface area (Å²) in [5.41, 5.74) is 4.20. The third-order valence-corrected chi connectivity index (χ3v) is 4.12. The Balaban J connectivity index is 2.01. The van der Waals surface area contributed by atoms with Gasteiger partial charge in [0.1, 0.15) is 0 Å². The summed E-state index contributed by atoms with van der Waals surface area (Å²) in [4.78, 5) is 2.59. The van der Waals surface area contributed by atoms with Gasteiger partial charge in [-0.2, -0.15) is 0 Å². The first-order valence-corrected chi connectivity index (χ1v) is 7.41.